The number of amides is 1. The van der Waals surface area contributed by atoms with Crippen LogP contribution in [-0.2, 0) is 9.53 Å². The summed E-state index contributed by atoms with van der Waals surface area (Å²) in [6.45, 7) is 0.834. The molecule has 2 aliphatic rings. The minimum Gasteiger partial charge on any atom is -0.491 e. The molecule has 23 heavy (non-hydrogen) atoms. The van der Waals surface area contributed by atoms with Gasteiger partial charge in [-0.15, -0.1) is 0 Å². The zero-order valence-corrected chi connectivity index (χ0v) is 12.7. The molecule has 2 saturated heterocycles. The maximum Gasteiger partial charge on any atom is 0.262 e. The number of halogens is 2. The summed E-state index contributed by atoms with van der Waals surface area (Å²) >= 11 is 0. The first-order valence-corrected chi connectivity index (χ1v) is 7.78. The predicted octanol–water partition coefficient (Wildman–Crippen LogP) is 2.18. The van der Waals surface area contributed by atoms with E-state index in [9.17, 15) is 13.6 Å². The van der Waals surface area contributed by atoms with Gasteiger partial charge in [-0.25, -0.2) is 8.78 Å². The number of anilines is 1. The summed E-state index contributed by atoms with van der Waals surface area (Å²) in [5.41, 5.74) is 0.552. The van der Waals surface area contributed by atoms with E-state index in [1.165, 1.54) is 0 Å². The Morgan fingerprint density at radius 2 is 2.17 bits per heavy atom. The maximum atomic E-state index is 13.1. The Labute approximate surface area is 133 Å². The average molecular weight is 326 g/mol. The molecule has 2 N–H and O–H groups in total. The van der Waals surface area contributed by atoms with E-state index in [2.05, 4.69) is 10.6 Å². The molecule has 1 aromatic carbocycles. The summed E-state index contributed by atoms with van der Waals surface area (Å²) in [7, 11) is 0. The molecule has 0 bridgehead atoms. The molecule has 1 amide bonds. The van der Waals surface area contributed by atoms with Gasteiger partial charge in [-0.3, -0.25) is 10.1 Å². The summed E-state index contributed by atoms with van der Waals surface area (Å²) in [5.74, 6) is -2.58. The lowest BCUT2D eigenvalue weighted by molar-refractivity contribution is -0.118. The largest absolute Gasteiger partial charge is 0.491 e. The number of alkyl halides is 2. The van der Waals surface area contributed by atoms with Crippen LogP contribution < -0.4 is 15.4 Å². The van der Waals surface area contributed by atoms with Crippen LogP contribution in [0.3, 0.4) is 0 Å². The third-order valence-electron chi connectivity index (χ3n) is 4.01. The van der Waals surface area contributed by atoms with Crippen molar-refractivity contribution >= 4 is 11.6 Å². The number of hydrogen-bond donors (Lipinski definition) is 2. The Hall–Kier alpha value is -1.73. The highest BCUT2D eigenvalue weighted by molar-refractivity contribution is 5.95. The van der Waals surface area contributed by atoms with Crippen molar-refractivity contribution in [2.75, 3.05) is 25.1 Å². The molecule has 1 aromatic rings. The molecule has 0 aromatic heterocycles. The zero-order valence-electron chi connectivity index (χ0n) is 12.7. The van der Waals surface area contributed by atoms with Crippen LogP contribution in [0.25, 0.3) is 0 Å². The summed E-state index contributed by atoms with van der Waals surface area (Å²) in [5, 5.41) is 5.16. The lowest BCUT2D eigenvalue weighted by Crippen LogP contribution is -2.35. The lowest BCUT2D eigenvalue weighted by atomic mass is 10.2. The first kappa shape index (κ1) is 16.1. The number of carbonyl (C=O) groups is 1. The van der Waals surface area contributed by atoms with Crippen LogP contribution in [0, 0.1) is 0 Å². The van der Waals surface area contributed by atoms with Gasteiger partial charge in [-0.1, -0.05) is 0 Å². The van der Waals surface area contributed by atoms with E-state index in [0.29, 0.717) is 18.0 Å². The second-order valence-corrected chi connectivity index (χ2v) is 5.95. The number of ether oxygens (including phenoxy) is 2. The monoisotopic (exact) mass is 326 g/mol. The molecular formula is C16H20F2N2O3. The SMILES string of the molecule is O=C(Nc1ccc(OCC2CCCO2)cc1)C1CC(F)(F)CN1. The lowest BCUT2D eigenvalue weighted by Gasteiger charge is -2.13. The fourth-order valence-electron chi connectivity index (χ4n) is 2.73. The minimum atomic E-state index is -2.82. The molecule has 0 saturated carbocycles. The van der Waals surface area contributed by atoms with Gasteiger partial charge in [0, 0.05) is 18.7 Å². The average Bonchev–Trinajstić information content (AvgIpc) is 3.16. The first-order valence-electron chi connectivity index (χ1n) is 7.78. The van der Waals surface area contributed by atoms with Gasteiger partial charge in [0.05, 0.1) is 18.7 Å². The van der Waals surface area contributed by atoms with Gasteiger partial charge in [0.1, 0.15) is 12.4 Å². The highest BCUT2D eigenvalue weighted by Crippen LogP contribution is 2.26. The van der Waals surface area contributed by atoms with Crippen molar-refractivity contribution in [2.45, 2.75) is 37.3 Å². The third kappa shape index (κ3) is 4.39. The van der Waals surface area contributed by atoms with Crippen molar-refractivity contribution in [3.05, 3.63) is 24.3 Å². The summed E-state index contributed by atoms with van der Waals surface area (Å²) in [6, 6.07) is 5.99. The quantitative estimate of drug-likeness (QED) is 0.871. The summed E-state index contributed by atoms with van der Waals surface area (Å²) in [4.78, 5) is 11.9. The van der Waals surface area contributed by atoms with Crippen molar-refractivity contribution in [3.63, 3.8) is 0 Å². The van der Waals surface area contributed by atoms with Crippen LogP contribution in [0.2, 0.25) is 0 Å². The van der Waals surface area contributed by atoms with Gasteiger partial charge in [0.2, 0.25) is 5.91 Å². The molecule has 126 valence electrons. The van der Waals surface area contributed by atoms with E-state index < -0.39 is 30.8 Å². The van der Waals surface area contributed by atoms with E-state index in [1.807, 2.05) is 0 Å². The molecule has 3 rings (SSSR count). The predicted molar refractivity (Wildman–Crippen MR) is 80.9 cm³/mol. The molecule has 5 nitrogen and oxygen atoms in total. The van der Waals surface area contributed by atoms with Crippen LogP contribution in [0.15, 0.2) is 24.3 Å². The smallest absolute Gasteiger partial charge is 0.262 e. The fraction of sp³-hybridized carbons (Fsp3) is 0.562. The summed E-state index contributed by atoms with van der Waals surface area (Å²) in [6.07, 6.45) is 1.74. The van der Waals surface area contributed by atoms with Gasteiger partial charge in [-0.2, -0.15) is 0 Å². The molecule has 0 aliphatic carbocycles. The zero-order chi connectivity index (χ0) is 16.3. The Kier molecular flexibility index (Phi) is 4.77. The van der Waals surface area contributed by atoms with Crippen molar-refractivity contribution in [2.24, 2.45) is 0 Å². The molecule has 2 atom stereocenters. The topological polar surface area (TPSA) is 59.6 Å². The molecule has 2 aliphatic heterocycles. The summed E-state index contributed by atoms with van der Waals surface area (Å²) < 4.78 is 37.3. The van der Waals surface area contributed by atoms with Crippen LogP contribution in [0.1, 0.15) is 19.3 Å². The molecule has 0 radical (unpaired) electrons. The van der Waals surface area contributed by atoms with Crippen molar-refractivity contribution < 1.29 is 23.0 Å². The van der Waals surface area contributed by atoms with E-state index >= 15 is 0 Å². The Bertz CT molecular complexity index is 545. The van der Waals surface area contributed by atoms with E-state index in [1.54, 1.807) is 24.3 Å². The van der Waals surface area contributed by atoms with Gasteiger partial charge in [-0.05, 0) is 37.1 Å². The molecule has 7 heteroatoms. The second kappa shape index (κ2) is 6.80. The Morgan fingerprint density at radius 3 is 2.78 bits per heavy atom. The van der Waals surface area contributed by atoms with Gasteiger partial charge >= 0.3 is 0 Å². The fourth-order valence-corrected chi connectivity index (χ4v) is 2.73. The molecule has 0 spiro atoms. The number of rotatable bonds is 5. The highest BCUT2D eigenvalue weighted by atomic mass is 19.3. The highest BCUT2D eigenvalue weighted by Gasteiger charge is 2.42. The second-order valence-electron chi connectivity index (χ2n) is 5.95. The normalized spacial score (nSPS) is 26.2. The van der Waals surface area contributed by atoms with Crippen molar-refractivity contribution in [3.8, 4) is 5.75 Å². The van der Waals surface area contributed by atoms with Gasteiger partial charge < -0.3 is 14.8 Å². The van der Waals surface area contributed by atoms with Crippen LogP contribution in [-0.4, -0.2) is 43.7 Å². The van der Waals surface area contributed by atoms with Crippen molar-refractivity contribution in [1.82, 2.24) is 5.32 Å². The third-order valence-corrected chi connectivity index (χ3v) is 4.01. The first-order chi connectivity index (χ1) is 11.0. The van der Waals surface area contributed by atoms with Gasteiger partial charge in [0.25, 0.3) is 5.92 Å². The standard InChI is InChI=1S/C16H20F2N2O3/c17-16(18)8-14(19-10-16)15(21)20-11-3-5-12(6-4-11)23-9-13-2-1-7-22-13/h3-6,13-14,19H,1-2,7-10H2,(H,20,21). The van der Waals surface area contributed by atoms with E-state index in [4.69, 9.17) is 9.47 Å². The number of carbonyl (C=O) groups excluding carboxylic acids is 1. The van der Waals surface area contributed by atoms with Gasteiger partial charge in [0.15, 0.2) is 0 Å². The number of nitrogens with one attached hydrogen (secondary N) is 2. The Balaban J connectivity index is 1.48. The van der Waals surface area contributed by atoms with Crippen LogP contribution >= 0.6 is 0 Å². The van der Waals surface area contributed by atoms with E-state index in [-0.39, 0.29) is 6.10 Å². The van der Waals surface area contributed by atoms with Crippen LogP contribution in [0.5, 0.6) is 5.75 Å². The number of benzene rings is 1. The molecule has 2 unspecified atom stereocenters. The Morgan fingerprint density at radius 1 is 1.39 bits per heavy atom. The molecular weight excluding hydrogens is 306 g/mol. The van der Waals surface area contributed by atoms with Crippen LogP contribution in [0.4, 0.5) is 14.5 Å². The molecule has 2 heterocycles. The number of hydrogen-bond acceptors (Lipinski definition) is 4. The van der Waals surface area contributed by atoms with Crippen molar-refractivity contribution in [1.29, 1.82) is 0 Å². The maximum absolute atomic E-state index is 13.1. The minimum absolute atomic E-state index is 0.143. The van der Waals surface area contributed by atoms with E-state index in [0.717, 1.165) is 19.4 Å². The molecule has 2 fully saturated rings.